The molecule has 0 bridgehead atoms. The number of rotatable bonds is 8. The van der Waals surface area contributed by atoms with Gasteiger partial charge in [0.2, 0.25) is 0 Å². The van der Waals surface area contributed by atoms with E-state index in [0.717, 1.165) is 38.8 Å². The maximum Gasteiger partial charge on any atom is 0.103 e. The predicted molar refractivity (Wildman–Crippen MR) is 71.9 cm³/mol. The molecule has 1 unspecified atom stereocenters. The van der Waals surface area contributed by atoms with Crippen LogP contribution in [-0.4, -0.2) is 24.3 Å². The Hall–Kier alpha value is -0.590. The van der Waals surface area contributed by atoms with Gasteiger partial charge in [-0.3, -0.25) is 5.32 Å². The standard InChI is InChI=1S/C14H28N2O/c1-6-10-16-14(5,12-15)9-7-8-11-17-13(2,3)4/h16H,6-11H2,1-5H3. The zero-order valence-electron chi connectivity index (χ0n) is 12.1. The number of nitrogens with one attached hydrogen (secondary N) is 1. The lowest BCUT2D eigenvalue weighted by molar-refractivity contribution is -0.00503. The summed E-state index contributed by atoms with van der Waals surface area (Å²) in [7, 11) is 0. The first-order valence-corrected chi connectivity index (χ1v) is 6.63. The van der Waals surface area contributed by atoms with Gasteiger partial charge >= 0.3 is 0 Å². The number of nitriles is 1. The summed E-state index contributed by atoms with van der Waals surface area (Å²) >= 11 is 0. The van der Waals surface area contributed by atoms with Gasteiger partial charge < -0.3 is 4.74 Å². The molecule has 3 heteroatoms. The molecule has 0 saturated carbocycles. The molecule has 0 aliphatic carbocycles. The van der Waals surface area contributed by atoms with Crippen molar-refractivity contribution in [2.24, 2.45) is 0 Å². The molecule has 0 spiro atoms. The minimum Gasteiger partial charge on any atom is -0.376 e. The highest BCUT2D eigenvalue weighted by atomic mass is 16.5. The molecule has 100 valence electrons. The molecule has 0 radical (unpaired) electrons. The molecule has 1 N–H and O–H groups in total. The first-order chi connectivity index (χ1) is 7.83. The lowest BCUT2D eigenvalue weighted by Gasteiger charge is -2.24. The molecule has 0 aromatic heterocycles. The molecular weight excluding hydrogens is 212 g/mol. The zero-order valence-corrected chi connectivity index (χ0v) is 12.1. The zero-order chi connectivity index (χ0) is 13.4. The summed E-state index contributed by atoms with van der Waals surface area (Å²) in [6.45, 7) is 12.0. The molecule has 0 heterocycles. The van der Waals surface area contributed by atoms with E-state index in [0.29, 0.717) is 0 Å². The predicted octanol–water partition coefficient (Wildman–Crippen LogP) is 3.25. The number of nitrogens with zero attached hydrogens (tertiary/aromatic N) is 1. The molecule has 0 aliphatic rings. The van der Waals surface area contributed by atoms with E-state index in [1.54, 1.807) is 0 Å². The Morgan fingerprint density at radius 1 is 1.18 bits per heavy atom. The molecule has 0 aromatic rings. The largest absolute Gasteiger partial charge is 0.376 e. The van der Waals surface area contributed by atoms with Crippen LogP contribution in [0.15, 0.2) is 0 Å². The lowest BCUT2D eigenvalue weighted by Crippen LogP contribution is -2.41. The second kappa shape index (κ2) is 7.68. The molecule has 3 nitrogen and oxygen atoms in total. The summed E-state index contributed by atoms with van der Waals surface area (Å²) in [5.41, 5.74) is -0.434. The van der Waals surface area contributed by atoms with Crippen LogP contribution < -0.4 is 5.32 Å². The van der Waals surface area contributed by atoms with Crippen LogP contribution in [0.3, 0.4) is 0 Å². The van der Waals surface area contributed by atoms with Crippen LogP contribution in [0.4, 0.5) is 0 Å². The van der Waals surface area contributed by atoms with Crippen LogP contribution in [0, 0.1) is 11.3 Å². The fourth-order valence-corrected chi connectivity index (χ4v) is 1.54. The van der Waals surface area contributed by atoms with Gasteiger partial charge in [0.15, 0.2) is 0 Å². The average Bonchev–Trinajstić information content (AvgIpc) is 2.24. The Labute approximate surface area is 107 Å². The topological polar surface area (TPSA) is 45.0 Å². The van der Waals surface area contributed by atoms with Gasteiger partial charge in [0.1, 0.15) is 5.54 Å². The van der Waals surface area contributed by atoms with Crippen molar-refractivity contribution in [3.63, 3.8) is 0 Å². The van der Waals surface area contributed by atoms with Gasteiger partial charge in [0, 0.05) is 6.61 Å². The summed E-state index contributed by atoms with van der Waals surface area (Å²) < 4.78 is 5.66. The third kappa shape index (κ3) is 9.14. The van der Waals surface area contributed by atoms with Gasteiger partial charge in [-0.25, -0.2) is 0 Å². The Morgan fingerprint density at radius 3 is 2.29 bits per heavy atom. The summed E-state index contributed by atoms with van der Waals surface area (Å²) in [6, 6.07) is 2.37. The van der Waals surface area contributed by atoms with Crippen LogP contribution in [-0.2, 0) is 4.74 Å². The number of unbranched alkanes of at least 4 members (excludes halogenated alkanes) is 1. The normalized spacial score (nSPS) is 15.3. The molecule has 0 aromatic carbocycles. The fraction of sp³-hybridized carbons (Fsp3) is 0.929. The van der Waals surface area contributed by atoms with Crippen molar-refractivity contribution in [1.82, 2.24) is 5.32 Å². The first-order valence-electron chi connectivity index (χ1n) is 6.63. The van der Waals surface area contributed by atoms with Gasteiger partial charge in [-0.15, -0.1) is 0 Å². The molecule has 17 heavy (non-hydrogen) atoms. The van der Waals surface area contributed by atoms with Crippen LogP contribution in [0.2, 0.25) is 0 Å². The number of hydrogen-bond donors (Lipinski definition) is 1. The van der Waals surface area contributed by atoms with E-state index < -0.39 is 0 Å². The quantitative estimate of drug-likeness (QED) is 0.662. The van der Waals surface area contributed by atoms with Gasteiger partial charge in [0.25, 0.3) is 0 Å². The first kappa shape index (κ1) is 16.4. The SMILES string of the molecule is CCCNC(C)(C#N)CCCCOC(C)(C)C. The van der Waals surface area contributed by atoms with Crippen molar-refractivity contribution in [3.8, 4) is 6.07 Å². The van der Waals surface area contributed by atoms with E-state index in [-0.39, 0.29) is 11.1 Å². The fourth-order valence-electron chi connectivity index (χ4n) is 1.54. The van der Waals surface area contributed by atoms with Crippen LogP contribution in [0.25, 0.3) is 0 Å². The second-order valence-electron chi connectivity index (χ2n) is 5.79. The second-order valence-corrected chi connectivity index (χ2v) is 5.79. The van der Waals surface area contributed by atoms with E-state index in [9.17, 15) is 0 Å². The summed E-state index contributed by atoms with van der Waals surface area (Å²) in [5, 5.41) is 12.5. The van der Waals surface area contributed by atoms with Crippen LogP contribution in [0.1, 0.15) is 60.3 Å². The number of ether oxygens (including phenoxy) is 1. The third-order valence-corrected chi connectivity index (χ3v) is 2.62. The van der Waals surface area contributed by atoms with Crippen molar-refractivity contribution in [2.45, 2.75) is 71.4 Å². The summed E-state index contributed by atoms with van der Waals surface area (Å²) in [4.78, 5) is 0. The molecule has 0 rings (SSSR count). The summed E-state index contributed by atoms with van der Waals surface area (Å²) in [5.74, 6) is 0. The molecule has 0 aliphatic heterocycles. The van der Waals surface area contributed by atoms with E-state index in [4.69, 9.17) is 10.00 Å². The Bertz CT molecular complexity index is 240. The Kier molecular flexibility index (Phi) is 7.41. The van der Waals surface area contributed by atoms with Crippen molar-refractivity contribution >= 4 is 0 Å². The van der Waals surface area contributed by atoms with Crippen LogP contribution >= 0.6 is 0 Å². The minimum absolute atomic E-state index is 0.0566. The minimum atomic E-state index is -0.377. The maximum atomic E-state index is 9.15. The highest BCUT2D eigenvalue weighted by Crippen LogP contribution is 2.14. The smallest absolute Gasteiger partial charge is 0.103 e. The number of hydrogen-bond acceptors (Lipinski definition) is 3. The molecular formula is C14H28N2O. The van der Waals surface area contributed by atoms with Gasteiger partial charge in [-0.1, -0.05) is 6.92 Å². The van der Waals surface area contributed by atoms with E-state index >= 15 is 0 Å². The van der Waals surface area contributed by atoms with E-state index in [1.165, 1.54) is 0 Å². The van der Waals surface area contributed by atoms with Crippen molar-refractivity contribution < 1.29 is 4.74 Å². The molecule has 0 amide bonds. The molecule has 0 saturated heterocycles. The average molecular weight is 240 g/mol. The van der Waals surface area contributed by atoms with Crippen LogP contribution in [0.5, 0.6) is 0 Å². The van der Waals surface area contributed by atoms with Crippen molar-refractivity contribution in [3.05, 3.63) is 0 Å². The van der Waals surface area contributed by atoms with Gasteiger partial charge in [0.05, 0.1) is 11.7 Å². The lowest BCUT2D eigenvalue weighted by atomic mass is 9.96. The summed E-state index contributed by atoms with van der Waals surface area (Å²) in [6.07, 6.45) is 3.99. The highest BCUT2D eigenvalue weighted by molar-refractivity contribution is 5.03. The molecule has 0 fully saturated rings. The van der Waals surface area contributed by atoms with Gasteiger partial charge in [-0.05, 0) is 59.9 Å². The third-order valence-electron chi connectivity index (χ3n) is 2.62. The Balaban J connectivity index is 3.74. The van der Waals surface area contributed by atoms with E-state index in [1.807, 2.05) is 6.92 Å². The van der Waals surface area contributed by atoms with Gasteiger partial charge in [-0.2, -0.15) is 5.26 Å². The van der Waals surface area contributed by atoms with Crippen molar-refractivity contribution in [1.29, 1.82) is 5.26 Å². The maximum absolute atomic E-state index is 9.15. The highest BCUT2D eigenvalue weighted by Gasteiger charge is 2.21. The Morgan fingerprint density at radius 2 is 1.82 bits per heavy atom. The van der Waals surface area contributed by atoms with Crippen molar-refractivity contribution in [2.75, 3.05) is 13.2 Å². The monoisotopic (exact) mass is 240 g/mol. The van der Waals surface area contributed by atoms with E-state index in [2.05, 4.69) is 39.1 Å². The molecule has 1 atom stereocenters.